The van der Waals surface area contributed by atoms with Crippen molar-refractivity contribution in [2.75, 3.05) is 0 Å². The van der Waals surface area contributed by atoms with Crippen molar-refractivity contribution in [1.29, 1.82) is 0 Å². The number of hydrogen-bond donors (Lipinski definition) is 0. The lowest BCUT2D eigenvalue weighted by molar-refractivity contribution is 0.384. The van der Waals surface area contributed by atoms with E-state index in [1.807, 2.05) is 0 Å². The lowest BCUT2D eigenvalue weighted by Crippen LogP contribution is -2.16. The van der Waals surface area contributed by atoms with E-state index in [-0.39, 0.29) is 0 Å². The van der Waals surface area contributed by atoms with E-state index in [4.69, 9.17) is 11.6 Å². The molecule has 0 aliphatic heterocycles. The van der Waals surface area contributed by atoms with E-state index in [1.165, 1.54) is 19.3 Å². The first-order chi connectivity index (χ1) is 6.86. The van der Waals surface area contributed by atoms with Crippen LogP contribution in [0.5, 0.6) is 0 Å². The Morgan fingerprint density at radius 1 is 1.43 bits per heavy atom. The van der Waals surface area contributed by atoms with Gasteiger partial charge in [0.25, 0.3) is 0 Å². The fourth-order valence-corrected chi connectivity index (χ4v) is 2.08. The van der Waals surface area contributed by atoms with Crippen LogP contribution >= 0.6 is 11.6 Å². The van der Waals surface area contributed by atoms with Crippen LogP contribution in [0.15, 0.2) is 0 Å². The molecule has 3 nitrogen and oxygen atoms in total. The molecule has 0 amide bonds. The predicted octanol–water partition coefficient (Wildman–Crippen LogP) is 2.69. The maximum atomic E-state index is 5.82. The zero-order chi connectivity index (χ0) is 9.97. The molecule has 1 heterocycles. The van der Waals surface area contributed by atoms with Gasteiger partial charge in [-0.15, -0.1) is 21.8 Å². The fraction of sp³-hybridized carbons (Fsp3) is 0.800. The standard InChI is InChI=1S/C10H16ClN3/c1-2-6-14-9(7-11)12-13-10(14)8-4-3-5-8/h8H,2-7H2,1H3. The van der Waals surface area contributed by atoms with Gasteiger partial charge in [-0.3, -0.25) is 0 Å². The maximum Gasteiger partial charge on any atom is 0.147 e. The molecule has 0 saturated heterocycles. The smallest absolute Gasteiger partial charge is 0.147 e. The highest BCUT2D eigenvalue weighted by molar-refractivity contribution is 6.16. The molecule has 0 spiro atoms. The van der Waals surface area contributed by atoms with Gasteiger partial charge in [-0.2, -0.15) is 0 Å². The van der Waals surface area contributed by atoms with Crippen LogP contribution < -0.4 is 0 Å². The van der Waals surface area contributed by atoms with Gasteiger partial charge in [-0.05, 0) is 19.3 Å². The van der Waals surface area contributed by atoms with Gasteiger partial charge < -0.3 is 4.57 Å². The molecule has 0 aromatic carbocycles. The summed E-state index contributed by atoms with van der Waals surface area (Å²) in [7, 11) is 0. The molecule has 0 radical (unpaired) electrons. The van der Waals surface area contributed by atoms with Crippen molar-refractivity contribution in [3.05, 3.63) is 11.6 Å². The summed E-state index contributed by atoms with van der Waals surface area (Å²) in [4.78, 5) is 0. The molecule has 14 heavy (non-hydrogen) atoms. The van der Waals surface area contributed by atoms with Gasteiger partial charge in [-0.1, -0.05) is 13.3 Å². The predicted molar refractivity (Wildman–Crippen MR) is 56.5 cm³/mol. The molecule has 1 aromatic heterocycles. The molecule has 0 atom stereocenters. The van der Waals surface area contributed by atoms with Gasteiger partial charge in [0.15, 0.2) is 0 Å². The summed E-state index contributed by atoms with van der Waals surface area (Å²) in [6.07, 6.45) is 4.98. The number of aromatic nitrogens is 3. The van der Waals surface area contributed by atoms with Crippen LogP contribution in [-0.4, -0.2) is 14.8 Å². The third-order valence-corrected chi connectivity index (χ3v) is 3.13. The molecule has 1 aromatic rings. The van der Waals surface area contributed by atoms with Crippen LogP contribution in [0.1, 0.15) is 50.2 Å². The SMILES string of the molecule is CCCn1c(CCl)nnc1C1CCC1. The second kappa shape index (κ2) is 4.30. The lowest BCUT2D eigenvalue weighted by Gasteiger charge is -2.25. The van der Waals surface area contributed by atoms with Crippen molar-refractivity contribution in [2.24, 2.45) is 0 Å². The second-order valence-electron chi connectivity index (χ2n) is 3.89. The molecule has 4 heteroatoms. The van der Waals surface area contributed by atoms with Gasteiger partial charge in [0.2, 0.25) is 0 Å². The van der Waals surface area contributed by atoms with Crippen molar-refractivity contribution in [2.45, 2.75) is 50.9 Å². The summed E-state index contributed by atoms with van der Waals surface area (Å²) in [6.45, 7) is 3.17. The summed E-state index contributed by atoms with van der Waals surface area (Å²) in [5, 5.41) is 8.39. The third-order valence-electron chi connectivity index (χ3n) is 2.89. The Bertz CT molecular complexity index is 304. The first kappa shape index (κ1) is 9.97. The molecule has 1 aliphatic carbocycles. The Morgan fingerprint density at radius 3 is 2.71 bits per heavy atom. The van der Waals surface area contributed by atoms with Crippen molar-refractivity contribution in [3.8, 4) is 0 Å². The highest BCUT2D eigenvalue weighted by Crippen LogP contribution is 2.35. The summed E-state index contributed by atoms with van der Waals surface area (Å²) in [5.41, 5.74) is 0. The average molecular weight is 214 g/mol. The van der Waals surface area contributed by atoms with Crippen molar-refractivity contribution in [1.82, 2.24) is 14.8 Å². The van der Waals surface area contributed by atoms with Gasteiger partial charge in [0.1, 0.15) is 11.6 Å². The minimum absolute atomic E-state index is 0.472. The van der Waals surface area contributed by atoms with Crippen LogP contribution in [-0.2, 0) is 12.4 Å². The van der Waals surface area contributed by atoms with Crippen molar-refractivity contribution in [3.63, 3.8) is 0 Å². The molecule has 1 aliphatic rings. The number of hydrogen-bond acceptors (Lipinski definition) is 2. The Kier molecular flexibility index (Phi) is 3.06. The van der Waals surface area contributed by atoms with Crippen LogP contribution in [0.4, 0.5) is 0 Å². The van der Waals surface area contributed by atoms with Crippen LogP contribution in [0, 0.1) is 0 Å². The fourth-order valence-electron chi connectivity index (χ4n) is 1.88. The van der Waals surface area contributed by atoms with Gasteiger partial charge in [-0.25, -0.2) is 0 Å². The monoisotopic (exact) mass is 213 g/mol. The summed E-state index contributed by atoms with van der Waals surface area (Å²) in [5.74, 6) is 3.20. The molecular formula is C10H16ClN3. The first-order valence-corrected chi connectivity index (χ1v) is 5.88. The summed E-state index contributed by atoms with van der Waals surface area (Å²) in [6, 6.07) is 0. The van der Waals surface area contributed by atoms with E-state index in [9.17, 15) is 0 Å². The minimum Gasteiger partial charge on any atom is -0.314 e. The van der Waals surface area contributed by atoms with E-state index >= 15 is 0 Å². The number of rotatable bonds is 4. The minimum atomic E-state index is 0.472. The third kappa shape index (κ3) is 1.65. The average Bonchev–Trinajstić information content (AvgIpc) is 2.47. The number of halogens is 1. The van der Waals surface area contributed by atoms with Crippen molar-refractivity contribution < 1.29 is 0 Å². The number of alkyl halides is 1. The second-order valence-corrected chi connectivity index (χ2v) is 4.15. The van der Waals surface area contributed by atoms with Gasteiger partial charge in [0, 0.05) is 12.5 Å². The Balaban J connectivity index is 2.23. The topological polar surface area (TPSA) is 30.7 Å². The van der Waals surface area contributed by atoms with Crippen LogP contribution in [0.25, 0.3) is 0 Å². The van der Waals surface area contributed by atoms with Crippen molar-refractivity contribution >= 4 is 11.6 Å². The molecule has 0 N–H and O–H groups in total. The molecular weight excluding hydrogens is 198 g/mol. The number of nitrogens with zero attached hydrogens (tertiary/aromatic N) is 3. The van der Waals surface area contributed by atoms with Crippen LogP contribution in [0.3, 0.4) is 0 Å². The van der Waals surface area contributed by atoms with Crippen LogP contribution in [0.2, 0.25) is 0 Å². The van der Waals surface area contributed by atoms with E-state index < -0.39 is 0 Å². The zero-order valence-corrected chi connectivity index (χ0v) is 9.30. The Morgan fingerprint density at radius 2 is 2.21 bits per heavy atom. The quantitative estimate of drug-likeness (QED) is 0.720. The Labute approximate surface area is 89.5 Å². The van der Waals surface area contributed by atoms with E-state index in [2.05, 4.69) is 21.7 Å². The largest absolute Gasteiger partial charge is 0.314 e. The zero-order valence-electron chi connectivity index (χ0n) is 8.54. The maximum absolute atomic E-state index is 5.82. The Hall–Kier alpha value is -0.570. The first-order valence-electron chi connectivity index (χ1n) is 5.34. The molecule has 1 saturated carbocycles. The van der Waals surface area contributed by atoms with Gasteiger partial charge in [0.05, 0.1) is 5.88 Å². The lowest BCUT2D eigenvalue weighted by atomic mass is 9.85. The molecule has 1 fully saturated rings. The van der Waals surface area contributed by atoms with E-state index in [0.717, 1.165) is 24.6 Å². The molecule has 0 unspecified atom stereocenters. The van der Waals surface area contributed by atoms with E-state index in [1.54, 1.807) is 0 Å². The highest BCUT2D eigenvalue weighted by atomic mass is 35.5. The molecule has 2 rings (SSSR count). The normalized spacial score (nSPS) is 17.0. The molecule has 78 valence electrons. The molecule has 0 bridgehead atoms. The summed E-state index contributed by atoms with van der Waals surface area (Å²) < 4.78 is 2.21. The summed E-state index contributed by atoms with van der Waals surface area (Å²) >= 11 is 5.82. The highest BCUT2D eigenvalue weighted by Gasteiger charge is 2.25. The van der Waals surface area contributed by atoms with Gasteiger partial charge >= 0.3 is 0 Å². The van der Waals surface area contributed by atoms with E-state index in [0.29, 0.717) is 11.8 Å².